The van der Waals surface area contributed by atoms with Crippen molar-refractivity contribution >= 4 is 65.6 Å². The van der Waals surface area contributed by atoms with E-state index in [1.54, 1.807) is 0 Å². The molecule has 0 unspecified atom stereocenters. The van der Waals surface area contributed by atoms with E-state index in [4.69, 9.17) is 23.8 Å². The Morgan fingerprint density at radius 1 is 0.328 bits per heavy atom. The molecule has 0 radical (unpaired) electrons. The first-order valence-corrected chi connectivity index (χ1v) is 19.4. The lowest BCUT2D eigenvalue weighted by Crippen LogP contribution is -1.96. The van der Waals surface area contributed by atoms with E-state index in [1.807, 2.05) is 60.7 Å². The van der Waals surface area contributed by atoms with Gasteiger partial charge in [-0.2, -0.15) is 0 Å². The average molecular weight is 742 g/mol. The van der Waals surface area contributed by atoms with E-state index in [2.05, 4.69) is 127 Å². The topological polar surface area (TPSA) is 65.0 Å². The molecule has 0 spiro atoms. The average Bonchev–Trinajstić information content (AvgIpc) is 3.88. The van der Waals surface area contributed by atoms with Crippen molar-refractivity contribution in [2.45, 2.75) is 0 Å². The Kier molecular flexibility index (Phi) is 7.16. The predicted octanol–water partition coefficient (Wildman–Crippen LogP) is 14.3. The van der Waals surface area contributed by atoms with Crippen LogP contribution in [0.15, 0.2) is 197 Å². The lowest BCUT2D eigenvalue weighted by atomic mass is 9.93. The number of furan rings is 2. The summed E-state index contributed by atoms with van der Waals surface area (Å²) in [7, 11) is 0. The van der Waals surface area contributed by atoms with Gasteiger partial charge in [0, 0.05) is 60.0 Å². The number of hydrogen-bond donors (Lipinski definition) is 0. The third kappa shape index (κ3) is 5.07. The van der Waals surface area contributed by atoms with E-state index in [1.165, 1.54) is 0 Å². The number of fused-ring (bicyclic) bond motifs is 10. The van der Waals surface area contributed by atoms with Crippen molar-refractivity contribution in [2.24, 2.45) is 0 Å². The third-order valence-electron chi connectivity index (χ3n) is 11.3. The molecule has 8 aromatic carbocycles. The summed E-state index contributed by atoms with van der Waals surface area (Å²) in [5.74, 6) is 0.613. The van der Waals surface area contributed by atoms with Crippen molar-refractivity contribution in [3.8, 4) is 56.3 Å². The van der Waals surface area contributed by atoms with Gasteiger partial charge in [0.15, 0.2) is 5.82 Å². The molecule has 0 aliphatic carbocycles. The van der Waals surface area contributed by atoms with Crippen LogP contribution in [0.4, 0.5) is 0 Å². The molecule has 0 aliphatic rings. The number of hydrogen-bond acceptors (Lipinski definition) is 5. The summed E-state index contributed by atoms with van der Waals surface area (Å²) in [5, 5.41) is 7.65. The largest absolute Gasteiger partial charge is 0.456 e. The van der Waals surface area contributed by atoms with Crippen LogP contribution in [0.2, 0.25) is 0 Å². The van der Waals surface area contributed by atoms with E-state index < -0.39 is 0 Å². The van der Waals surface area contributed by atoms with Gasteiger partial charge < -0.3 is 8.83 Å². The first kappa shape index (κ1) is 32.4. The number of rotatable bonds is 5. The summed E-state index contributed by atoms with van der Waals surface area (Å²) in [5.41, 5.74) is 13.0. The van der Waals surface area contributed by atoms with Crippen LogP contribution in [0.5, 0.6) is 0 Å². The number of para-hydroxylation sites is 4. The van der Waals surface area contributed by atoms with Crippen molar-refractivity contribution < 1.29 is 8.83 Å². The smallest absolute Gasteiger partial charge is 0.164 e. The van der Waals surface area contributed by atoms with Crippen LogP contribution in [-0.4, -0.2) is 15.0 Å². The van der Waals surface area contributed by atoms with Crippen molar-refractivity contribution in [1.29, 1.82) is 0 Å². The standard InChI is InChI=1S/C53H31N3O2/c1-3-13-33(14-4-1)43-31-44(55-53(54-43)42-22-12-20-38-37-17-7-9-23-45(37)58-52(38)42)34-27-25-32(26-28-34)36-19-11-21-40-48-41(50(56-51(36)40)35-15-5-2-6-16-35)29-30-47-49(48)39-18-8-10-24-46(39)57-47/h1-31H. The Morgan fingerprint density at radius 2 is 0.914 bits per heavy atom. The fourth-order valence-electron chi connectivity index (χ4n) is 8.60. The van der Waals surface area contributed by atoms with Crippen LogP contribution in [0.25, 0.3) is 122 Å². The van der Waals surface area contributed by atoms with Gasteiger partial charge in [-0.1, -0.05) is 152 Å². The fourth-order valence-corrected chi connectivity index (χ4v) is 8.60. The first-order valence-electron chi connectivity index (χ1n) is 19.4. The Morgan fingerprint density at radius 3 is 1.67 bits per heavy atom. The first-order chi connectivity index (χ1) is 28.7. The zero-order valence-corrected chi connectivity index (χ0v) is 31.1. The van der Waals surface area contributed by atoms with Gasteiger partial charge in [0.2, 0.25) is 0 Å². The normalized spacial score (nSPS) is 11.8. The maximum atomic E-state index is 6.44. The summed E-state index contributed by atoms with van der Waals surface area (Å²) in [6, 6.07) is 64.8. The number of aromatic nitrogens is 3. The quantitative estimate of drug-likeness (QED) is 0.164. The minimum absolute atomic E-state index is 0.613. The van der Waals surface area contributed by atoms with Crippen LogP contribution in [0, 0.1) is 0 Å². The molecule has 4 aromatic heterocycles. The molecule has 0 fully saturated rings. The van der Waals surface area contributed by atoms with Gasteiger partial charge >= 0.3 is 0 Å². The zero-order valence-electron chi connectivity index (χ0n) is 31.1. The number of nitrogens with zero attached hydrogens (tertiary/aromatic N) is 3. The lowest BCUT2D eigenvalue weighted by Gasteiger charge is -2.14. The molecule has 12 rings (SSSR count). The summed E-state index contributed by atoms with van der Waals surface area (Å²) in [4.78, 5) is 15.8. The van der Waals surface area contributed by atoms with Gasteiger partial charge in [0.25, 0.3) is 0 Å². The Labute approximate surface area is 332 Å². The highest BCUT2D eigenvalue weighted by Gasteiger charge is 2.20. The molecular formula is C53H31N3O2. The van der Waals surface area contributed by atoms with E-state index in [-0.39, 0.29) is 0 Å². The number of benzene rings is 8. The van der Waals surface area contributed by atoms with Gasteiger partial charge in [0.1, 0.15) is 22.3 Å². The fraction of sp³-hybridized carbons (Fsp3) is 0. The van der Waals surface area contributed by atoms with Gasteiger partial charge in [-0.05, 0) is 42.0 Å². The highest BCUT2D eigenvalue weighted by Crippen LogP contribution is 2.43. The molecule has 0 saturated heterocycles. The summed E-state index contributed by atoms with van der Waals surface area (Å²) in [6.45, 7) is 0. The van der Waals surface area contributed by atoms with Gasteiger partial charge in [-0.25, -0.2) is 15.0 Å². The molecule has 0 amide bonds. The predicted molar refractivity (Wildman–Crippen MR) is 237 cm³/mol. The molecule has 270 valence electrons. The molecule has 5 heteroatoms. The minimum atomic E-state index is 0.613. The van der Waals surface area contributed by atoms with E-state index in [9.17, 15) is 0 Å². The van der Waals surface area contributed by atoms with E-state index in [0.29, 0.717) is 5.82 Å². The molecule has 0 N–H and O–H groups in total. The van der Waals surface area contributed by atoms with Crippen molar-refractivity contribution in [3.63, 3.8) is 0 Å². The number of pyridine rings is 1. The second-order valence-corrected chi connectivity index (χ2v) is 14.7. The summed E-state index contributed by atoms with van der Waals surface area (Å²) < 4.78 is 12.8. The van der Waals surface area contributed by atoms with Crippen molar-refractivity contribution in [3.05, 3.63) is 188 Å². The summed E-state index contributed by atoms with van der Waals surface area (Å²) >= 11 is 0. The Hall–Kier alpha value is -7.89. The molecular weight excluding hydrogens is 711 g/mol. The lowest BCUT2D eigenvalue weighted by molar-refractivity contribution is 0.669. The molecule has 0 aliphatic heterocycles. The monoisotopic (exact) mass is 741 g/mol. The Balaban J connectivity index is 1.04. The van der Waals surface area contributed by atoms with Crippen LogP contribution in [-0.2, 0) is 0 Å². The molecule has 58 heavy (non-hydrogen) atoms. The molecule has 0 atom stereocenters. The second kappa shape index (κ2) is 12.8. The Bertz CT molecular complexity index is 3550. The van der Waals surface area contributed by atoms with Crippen molar-refractivity contribution in [2.75, 3.05) is 0 Å². The summed E-state index contributed by atoms with van der Waals surface area (Å²) in [6.07, 6.45) is 0. The maximum absolute atomic E-state index is 6.44. The molecule has 0 saturated carbocycles. The van der Waals surface area contributed by atoms with Crippen LogP contribution < -0.4 is 0 Å². The molecule has 12 aromatic rings. The maximum Gasteiger partial charge on any atom is 0.164 e. The third-order valence-corrected chi connectivity index (χ3v) is 11.3. The molecule has 4 heterocycles. The second-order valence-electron chi connectivity index (χ2n) is 14.7. The molecule has 0 bridgehead atoms. The SMILES string of the molecule is c1ccc(-c2cc(-c3ccc(-c4cccc5c4nc(-c4ccccc4)c4ccc6oc7ccccc7c6c45)cc3)nc(-c3cccc4c3oc3ccccc34)n2)cc1. The zero-order chi connectivity index (χ0) is 38.2. The van der Waals surface area contributed by atoms with Crippen molar-refractivity contribution in [1.82, 2.24) is 15.0 Å². The van der Waals surface area contributed by atoms with Gasteiger partial charge in [-0.15, -0.1) is 0 Å². The highest BCUT2D eigenvalue weighted by molar-refractivity contribution is 6.29. The van der Waals surface area contributed by atoms with E-state index in [0.717, 1.165) is 116 Å². The van der Waals surface area contributed by atoms with Crippen LogP contribution >= 0.6 is 0 Å². The minimum Gasteiger partial charge on any atom is -0.456 e. The van der Waals surface area contributed by atoms with E-state index >= 15 is 0 Å². The van der Waals surface area contributed by atoms with Crippen LogP contribution in [0.1, 0.15) is 0 Å². The highest BCUT2D eigenvalue weighted by atomic mass is 16.3. The van der Waals surface area contributed by atoms with Gasteiger partial charge in [-0.3, -0.25) is 0 Å². The molecule has 5 nitrogen and oxygen atoms in total. The van der Waals surface area contributed by atoms with Gasteiger partial charge in [0.05, 0.1) is 28.2 Å². The van der Waals surface area contributed by atoms with Crippen LogP contribution in [0.3, 0.4) is 0 Å².